The van der Waals surface area contributed by atoms with Gasteiger partial charge in [-0.15, -0.1) is 0 Å². The Labute approximate surface area is 109 Å². The zero-order valence-electron chi connectivity index (χ0n) is 11.9. The first kappa shape index (κ1) is 15.0. The zero-order valence-corrected chi connectivity index (χ0v) is 11.9. The van der Waals surface area contributed by atoms with E-state index in [2.05, 4.69) is 5.32 Å². The number of nitrogens with one attached hydrogen (secondary N) is 1. The van der Waals surface area contributed by atoms with Crippen molar-refractivity contribution in [1.29, 1.82) is 0 Å². The van der Waals surface area contributed by atoms with Crippen molar-refractivity contribution < 1.29 is 14.7 Å². The van der Waals surface area contributed by atoms with Crippen molar-refractivity contribution >= 4 is 11.9 Å². The molecule has 1 rings (SSSR count). The third-order valence-corrected chi connectivity index (χ3v) is 3.62. The molecular weight excluding hydrogens is 230 g/mol. The van der Waals surface area contributed by atoms with E-state index in [-0.39, 0.29) is 11.3 Å². The number of carbonyl (C=O) groups is 2. The molecule has 2 unspecified atom stereocenters. The summed E-state index contributed by atoms with van der Waals surface area (Å²) in [4.78, 5) is 23.3. The van der Waals surface area contributed by atoms with Crippen LogP contribution in [0.5, 0.6) is 0 Å². The summed E-state index contributed by atoms with van der Waals surface area (Å²) in [6.45, 7) is 7.88. The Morgan fingerprint density at radius 3 is 2.44 bits per heavy atom. The normalized spacial score (nSPS) is 28.8. The number of carbonyl (C=O) groups excluding carboxylic acids is 1. The molecule has 0 spiro atoms. The molecule has 1 saturated carbocycles. The molecule has 1 aliphatic carbocycles. The second-order valence-electron chi connectivity index (χ2n) is 6.84. The van der Waals surface area contributed by atoms with Crippen LogP contribution in [0.4, 0.5) is 0 Å². The van der Waals surface area contributed by atoms with E-state index in [1.807, 2.05) is 27.7 Å². The Kier molecular flexibility index (Phi) is 4.41. The van der Waals surface area contributed by atoms with Crippen molar-refractivity contribution in [3.05, 3.63) is 0 Å². The van der Waals surface area contributed by atoms with Gasteiger partial charge < -0.3 is 10.4 Å². The van der Waals surface area contributed by atoms with E-state index in [1.54, 1.807) is 0 Å². The molecule has 0 aromatic heterocycles. The highest BCUT2D eigenvalue weighted by atomic mass is 16.4. The quantitative estimate of drug-likeness (QED) is 0.814. The highest BCUT2D eigenvalue weighted by Crippen LogP contribution is 2.34. The summed E-state index contributed by atoms with van der Waals surface area (Å²) in [5, 5.41) is 12.2. The maximum atomic E-state index is 12.0. The Hall–Kier alpha value is -1.06. The SMILES string of the molecule is CC(C)(C)CC(=O)NC1(C)CCCCC1C(=O)O. The Morgan fingerprint density at radius 2 is 1.94 bits per heavy atom. The van der Waals surface area contributed by atoms with Crippen molar-refractivity contribution in [1.82, 2.24) is 5.32 Å². The van der Waals surface area contributed by atoms with Gasteiger partial charge >= 0.3 is 5.97 Å². The van der Waals surface area contributed by atoms with E-state index < -0.39 is 17.4 Å². The topological polar surface area (TPSA) is 66.4 Å². The molecule has 2 atom stereocenters. The average molecular weight is 255 g/mol. The fourth-order valence-corrected chi connectivity index (χ4v) is 2.72. The fourth-order valence-electron chi connectivity index (χ4n) is 2.72. The number of carboxylic acid groups (broad SMARTS) is 1. The van der Waals surface area contributed by atoms with Crippen LogP contribution < -0.4 is 5.32 Å². The first-order chi connectivity index (χ1) is 8.14. The number of hydrogen-bond donors (Lipinski definition) is 2. The van der Waals surface area contributed by atoms with Crippen molar-refractivity contribution in [2.75, 3.05) is 0 Å². The summed E-state index contributed by atoms with van der Waals surface area (Å²) in [5.74, 6) is -1.30. The molecule has 4 heteroatoms. The molecule has 1 fully saturated rings. The van der Waals surface area contributed by atoms with Crippen LogP contribution in [0.15, 0.2) is 0 Å². The van der Waals surface area contributed by atoms with Gasteiger partial charge in [-0.2, -0.15) is 0 Å². The summed E-state index contributed by atoms with van der Waals surface area (Å²) >= 11 is 0. The number of carboxylic acids is 1. The highest BCUT2D eigenvalue weighted by Gasteiger charge is 2.42. The minimum absolute atomic E-state index is 0.0434. The molecule has 0 radical (unpaired) electrons. The Bertz CT molecular complexity index is 332. The highest BCUT2D eigenvalue weighted by molar-refractivity contribution is 5.79. The van der Waals surface area contributed by atoms with Crippen molar-refractivity contribution in [3.8, 4) is 0 Å². The van der Waals surface area contributed by atoms with Gasteiger partial charge in [-0.25, -0.2) is 0 Å². The van der Waals surface area contributed by atoms with E-state index in [0.29, 0.717) is 12.8 Å². The second-order valence-corrected chi connectivity index (χ2v) is 6.84. The van der Waals surface area contributed by atoms with Crippen LogP contribution >= 0.6 is 0 Å². The number of amides is 1. The lowest BCUT2D eigenvalue weighted by Gasteiger charge is -2.40. The third kappa shape index (κ3) is 4.00. The van der Waals surface area contributed by atoms with Crippen LogP contribution in [0.3, 0.4) is 0 Å². The molecule has 104 valence electrons. The second kappa shape index (κ2) is 5.29. The van der Waals surface area contributed by atoms with Crippen LogP contribution in [-0.4, -0.2) is 22.5 Å². The van der Waals surface area contributed by atoms with E-state index in [9.17, 15) is 14.7 Å². The molecule has 0 heterocycles. The van der Waals surface area contributed by atoms with Crippen molar-refractivity contribution in [2.24, 2.45) is 11.3 Å². The number of rotatable bonds is 3. The largest absolute Gasteiger partial charge is 0.481 e. The maximum absolute atomic E-state index is 12.0. The van der Waals surface area contributed by atoms with Crippen molar-refractivity contribution in [2.45, 2.75) is 65.3 Å². The minimum Gasteiger partial charge on any atom is -0.481 e. The van der Waals surface area contributed by atoms with Gasteiger partial charge in [-0.05, 0) is 25.2 Å². The van der Waals surface area contributed by atoms with E-state index in [4.69, 9.17) is 0 Å². The van der Waals surface area contributed by atoms with Gasteiger partial charge in [0.15, 0.2) is 0 Å². The van der Waals surface area contributed by atoms with Gasteiger partial charge in [0, 0.05) is 6.42 Å². The zero-order chi connectivity index (χ0) is 14.0. The standard InChI is InChI=1S/C14H25NO3/c1-13(2,3)9-11(16)15-14(4)8-6-5-7-10(14)12(17)18/h10H,5-9H2,1-4H3,(H,15,16)(H,17,18). The fraction of sp³-hybridized carbons (Fsp3) is 0.857. The van der Waals surface area contributed by atoms with Crippen LogP contribution in [0.1, 0.15) is 59.8 Å². The summed E-state index contributed by atoms with van der Waals surface area (Å²) in [7, 11) is 0. The van der Waals surface area contributed by atoms with Crippen LogP contribution in [0.25, 0.3) is 0 Å². The summed E-state index contributed by atoms with van der Waals surface area (Å²) in [6, 6.07) is 0. The predicted molar refractivity (Wildman–Crippen MR) is 70.2 cm³/mol. The van der Waals surface area contributed by atoms with Crippen LogP contribution in [0.2, 0.25) is 0 Å². The van der Waals surface area contributed by atoms with E-state index >= 15 is 0 Å². The van der Waals surface area contributed by atoms with Crippen LogP contribution in [-0.2, 0) is 9.59 Å². The lowest BCUT2D eigenvalue weighted by atomic mass is 9.73. The lowest BCUT2D eigenvalue weighted by Crippen LogP contribution is -2.55. The summed E-state index contributed by atoms with van der Waals surface area (Å²) < 4.78 is 0. The molecule has 4 nitrogen and oxygen atoms in total. The van der Waals surface area contributed by atoms with Gasteiger partial charge in [0.25, 0.3) is 0 Å². The molecule has 0 saturated heterocycles. The number of hydrogen-bond acceptors (Lipinski definition) is 2. The lowest BCUT2D eigenvalue weighted by molar-refractivity contribution is -0.146. The Morgan fingerprint density at radius 1 is 1.33 bits per heavy atom. The minimum atomic E-state index is -0.798. The smallest absolute Gasteiger partial charge is 0.308 e. The van der Waals surface area contributed by atoms with E-state index in [0.717, 1.165) is 19.3 Å². The molecular formula is C14H25NO3. The first-order valence-corrected chi connectivity index (χ1v) is 6.68. The van der Waals surface area contributed by atoms with Gasteiger partial charge in [0.2, 0.25) is 5.91 Å². The Balaban J connectivity index is 2.72. The number of aliphatic carboxylic acids is 1. The van der Waals surface area contributed by atoms with Gasteiger partial charge in [-0.3, -0.25) is 9.59 Å². The monoisotopic (exact) mass is 255 g/mol. The molecule has 1 amide bonds. The van der Waals surface area contributed by atoms with E-state index in [1.165, 1.54) is 0 Å². The molecule has 0 aromatic rings. The molecule has 1 aliphatic rings. The molecule has 0 aliphatic heterocycles. The third-order valence-electron chi connectivity index (χ3n) is 3.62. The molecule has 0 bridgehead atoms. The van der Waals surface area contributed by atoms with Gasteiger partial charge in [0.05, 0.1) is 11.5 Å². The molecule has 18 heavy (non-hydrogen) atoms. The molecule has 0 aromatic carbocycles. The first-order valence-electron chi connectivity index (χ1n) is 6.68. The van der Waals surface area contributed by atoms with Gasteiger partial charge in [0.1, 0.15) is 0 Å². The van der Waals surface area contributed by atoms with Crippen molar-refractivity contribution in [3.63, 3.8) is 0 Å². The maximum Gasteiger partial charge on any atom is 0.308 e. The predicted octanol–water partition coefficient (Wildman–Crippen LogP) is 2.57. The molecule has 2 N–H and O–H groups in total. The summed E-state index contributed by atoms with van der Waals surface area (Å²) in [6.07, 6.45) is 3.74. The van der Waals surface area contributed by atoms with Gasteiger partial charge in [-0.1, -0.05) is 33.6 Å². The summed E-state index contributed by atoms with van der Waals surface area (Å²) in [5.41, 5.74) is -0.666. The van der Waals surface area contributed by atoms with Crippen LogP contribution in [0, 0.1) is 11.3 Å². The average Bonchev–Trinajstić information content (AvgIpc) is 2.13.